The quantitative estimate of drug-likeness (QED) is 0.378. The number of benzene rings is 1. The predicted molar refractivity (Wildman–Crippen MR) is 80.8 cm³/mol. The van der Waals surface area contributed by atoms with Gasteiger partial charge in [-0.2, -0.15) is 5.10 Å². The Morgan fingerprint density at radius 1 is 1.28 bits per heavy atom. The Kier molecular flexibility index (Phi) is 4.90. The van der Waals surface area contributed by atoms with Crippen LogP contribution in [0, 0.1) is 5.92 Å². The molecule has 0 aliphatic heterocycles. The first-order valence-corrected chi connectivity index (χ1v) is 6.55. The highest BCUT2D eigenvalue weighted by Crippen LogP contribution is 2.15. The number of nitrogens with zero attached hydrogens (tertiary/aromatic N) is 1. The first-order valence-electron chi connectivity index (χ1n) is 6.15. The number of thiocarbonyl (C=S) groups is 1. The second-order valence-corrected chi connectivity index (χ2v) is 4.66. The van der Waals surface area contributed by atoms with Crippen LogP contribution in [0.3, 0.4) is 0 Å². The summed E-state index contributed by atoms with van der Waals surface area (Å²) in [6.07, 6.45) is 9.76. The summed E-state index contributed by atoms with van der Waals surface area (Å²) in [5, 5.41) is 7.77. The topological polar surface area (TPSA) is 36.4 Å². The van der Waals surface area contributed by atoms with Crippen molar-refractivity contribution in [3.8, 4) is 0 Å². The fourth-order valence-corrected chi connectivity index (χ4v) is 2.00. The molecule has 1 aromatic carbocycles. The van der Waals surface area contributed by atoms with Crippen LogP contribution < -0.4 is 10.7 Å². The minimum absolute atomic E-state index is 0.517. The SMILES string of the molecule is S=C(N/N=C\C1CC=CCC1)Nc1ccccc1. The van der Waals surface area contributed by atoms with Gasteiger partial charge in [-0.1, -0.05) is 30.4 Å². The van der Waals surface area contributed by atoms with E-state index in [1.165, 1.54) is 6.42 Å². The van der Waals surface area contributed by atoms with Crippen LogP contribution in [-0.2, 0) is 0 Å². The van der Waals surface area contributed by atoms with Crippen molar-refractivity contribution in [1.29, 1.82) is 0 Å². The molecular formula is C14H17N3S. The summed E-state index contributed by atoms with van der Waals surface area (Å²) in [6, 6.07) is 9.81. The number of nitrogens with one attached hydrogen (secondary N) is 2. The van der Waals surface area contributed by atoms with Crippen molar-refractivity contribution in [2.24, 2.45) is 11.0 Å². The maximum Gasteiger partial charge on any atom is 0.191 e. The Balaban J connectivity index is 1.74. The van der Waals surface area contributed by atoms with Crippen molar-refractivity contribution in [2.75, 3.05) is 5.32 Å². The second-order valence-electron chi connectivity index (χ2n) is 4.25. The number of anilines is 1. The van der Waals surface area contributed by atoms with Crippen LogP contribution in [0.1, 0.15) is 19.3 Å². The Morgan fingerprint density at radius 3 is 2.83 bits per heavy atom. The Labute approximate surface area is 113 Å². The van der Waals surface area contributed by atoms with Gasteiger partial charge in [0.25, 0.3) is 0 Å². The third-order valence-electron chi connectivity index (χ3n) is 2.79. The molecule has 1 aromatic rings. The van der Waals surface area contributed by atoms with E-state index in [0.717, 1.165) is 18.5 Å². The van der Waals surface area contributed by atoms with Crippen molar-refractivity contribution >= 4 is 29.2 Å². The van der Waals surface area contributed by atoms with Gasteiger partial charge in [-0.15, -0.1) is 0 Å². The van der Waals surface area contributed by atoms with Crippen molar-refractivity contribution < 1.29 is 0 Å². The van der Waals surface area contributed by atoms with Gasteiger partial charge in [0.1, 0.15) is 0 Å². The van der Waals surface area contributed by atoms with E-state index in [9.17, 15) is 0 Å². The van der Waals surface area contributed by atoms with Crippen LogP contribution >= 0.6 is 12.2 Å². The fourth-order valence-electron chi connectivity index (χ4n) is 1.83. The molecule has 2 rings (SSSR count). The summed E-state index contributed by atoms with van der Waals surface area (Å²) < 4.78 is 0. The maximum atomic E-state index is 5.15. The number of para-hydroxylation sites is 1. The van der Waals surface area contributed by atoms with Crippen molar-refractivity contribution in [3.05, 3.63) is 42.5 Å². The summed E-state index contributed by atoms with van der Waals surface area (Å²) in [7, 11) is 0. The molecule has 2 N–H and O–H groups in total. The van der Waals surface area contributed by atoms with Crippen LogP contribution in [-0.4, -0.2) is 11.3 Å². The number of hydrazone groups is 1. The molecule has 1 atom stereocenters. The Morgan fingerprint density at radius 2 is 2.11 bits per heavy atom. The molecule has 0 aromatic heterocycles. The minimum atomic E-state index is 0.517. The molecule has 4 heteroatoms. The first-order chi connectivity index (χ1) is 8.84. The normalized spacial score (nSPS) is 18.8. The molecule has 1 aliphatic rings. The number of hydrogen-bond acceptors (Lipinski definition) is 2. The van der Waals surface area contributed by atoms with Crippen molar-refractivity contribution in [3.63, 3.8) is 0 Å². The highest BCUT2D eigenvalue weighted by molar-refractivity contribution is 7.80. The molecule has 94 valence electrons. The van der Waals surface area contributed by atoms with Gasteiger partial charge >= 0.3 is 0 Å². The largest absolute Gasteiger partial charge is 0.331 e. The zero-order chi connectivity index (χ0) is 12.6. The lowest BCUT2D eigenvalue weighted by Gasteiger charge is -2.12. The van der Waals surface area contributed by atoms with E-state index < -0.39 is 0 Å². The Bertz CT molecular complexity index is 440. The predicted octanol–water partition coefficient (Wildman–Crippen LogP) is 3.32. The maximum absolute atomic E-state index is 5.15. The molecule has 0 bridgehead atoms. The highest BCUT2D eigenvalue weighted by atomic mass is 32.1. The molecular weight excluding hydrogens is 242 g/mol. The summed E-state index contributed by atoms with van der Waals surface area (Å²) in [4.78, 5) is 0. The van der Waals surface area contributed by atoms with E-state index in [1.54, 1.807) is 0 Å². The number of hydrogen-bond donors (Lipinski definition) is 2. The van der Waals surface area contributed by atoms with Gasteiger partial charge in [0, 0.05) is 11.9 Å². The highest BCUT2D eigenvalue weighted by Gasteiger charge is 2.06. The summed E-state index contributed by atoms with van der Waals surface area (Å²) >= 11 is 5.15. The van der Waals surface area contributed by atoms with Crippen LogP contribution in [0.4, 0.5) is 5.69 Å². The molecule has 0 radical (unpaired) electrons. The van der Waals surface area contributed by atoms with E-state index in [2.05, 4.69) is 28.0 Å². The zero-order valence-corrected chi connectivity index (χ0v) is 11.0. The molecule has 0 amide bonds. The average molecular weight is 259 g/mol. The third-order valence-corrected chi connectivity index (χ3v) is 2.99. The van der Waals surface area contributed by atoms with Gasteiger partial charge in [-0.25, -0.2) is 0 Å². The summed E-state index contributed by atoms with van der Waals surface area (Å²) in [6.45, 7) is 0. The van der Waals surface area contributed by atoms with Crippen molar-refractivity contribution in [2.45, 2.75) is 19.3 Å². The van der Waals surface area contributed by atoms with Gasteiger partial charge < -0.3 is 5.32 Å². The molecule has 0 heterocycles. The lowest BCUT2D eigenvalue weighted by atomic mass is 9.96. The van der Waals surface area contributed by atoms with Gasteiger partial charge in [0.05, 0.1) is 0 Å². The van der Waals surface area contributed by atoms with Gasteiger partial charge in [0.15, 0.2) is 5.11 Å². The zero-order valence-electron chi connectivity index (χ0n) is 10.2. The summed E-state index contributed by atoms with van der Waals surface area (Å²) in [5.74, 6) is 0.530. The lowest BCUT2D eigenvalue weighted by Crippen LogP contribution is -2.24. The molecule has 1 aliphatic carbocycles. The van der Waals surface area contributed by atoms with Gasteiger partial charge in [0.2, 0.25) is 0 Å². The molecule has 1 unspecified atom stereocenters. The molecule has 18 heavy (non-hydrogen) atoms. The van der Waals surface area contributed by atoms with E-state index in [0.29, 0.717) is 11.0 Å². The first kappa shape index (κ1) is 12.8. The van der Waals surface area contributed by atoms with Crippen molar-refractivity contribution in [1.82, 2.24) is 5.43 Å². The lowest BCUT2D eigenvalue weighted by molar-refractivity contribution is 0.624. The van der Waals surface area contributed by atoms with Crippen LogP contribution in [0.15, 0.2) is 47.6 Å². The minimum Gasteiger partial charge on any atom is -0.331 e. The van der Waals surface area contributed by atoms with E-state index in [4.69, 9.17) is 12.2 Å². The van der Waals surface area contributed by atoms with E-state index >= 15 is 0 Å². The monoisotopic (exact) mass is 259 g/mol. The van der Waals surface area contributed by atoms with Gasteiger partial charge in [-0.3, -0.25) is 5.43 Å². The summed E-state index contributed by atoms with van der Waals surface area (Å²) in [5.41, 5.74) is 3.81. The molecule has 0 saturated heterocycles. The average Bonchev–Trinajstić information content (AvgIpc) is 2.41. The Hall–Kier alpha value is -1.68. The number of allylic oxidation sites excluding steroid dienone is 2. The van der Waals surface area contributed by atoms with E-state index in [1.807, 2.05) is 36.5 Å². The van der Waals surface area contributed by atoms with Crippen LogP contribution in [0.2, 0.25) is 0 Å². The van der Waals surface area contributed by atoms with Crippen LogP contribution in [0.5, 0.6) is 0 Å². The molecule has 0 saturated carbocycles. The molecule has 0 spiro atoms. The standard InChI is InChI=1S/C14H17N3S/c18-14(16-13-9-5-2-6-10-13)17-15-11-12-7-3-1-4-8-12/h1-3,5-6,9-12H,4,7-8H2,(H2,16,17,18)/b15-11-. The third kappa shape index (κ3) is 4.30. The van der Waals surface area contributed by atoms with E-state index in [-0.39, 0.29) is 0 Å². The fraction of sp³-hybridized carbons (Fsp3) is 0.286. The van der Waals surface area contributed by atoms with Gasteiger partial charge in [-0.05, 0) is 49.5 Å². The second kappa shape index (κ2) is 6.91. The number of rotatable bonds is 3. The molecule has 3 nitrogen and oxygen atoms in total. The molecule has 0 fully saturated rings. The van der Waals surface area contributed by atoms with Crippen LogP contribution in [0.25, 0.3) is 0 Å². The smallest absolute Gasteiger partial charge is 0.191 e.